The van der Waals surface area contributed by atoms with Crippen molar-refractivity contribution < 1.29 is 32.3 Å². The van der Waals surface area contributed by atoms with E-state index in [-0.39, 0.29) is 22.9 Å². The lowest BCUT2D eigenvalue weighted by atomic mass is 9.81. The van der Waals surface area contributed by atoms with Gasteiger partial charge in [0.25, 0.3) is 0 Å². The smallest absolute Gasteiger partial charge is 0.492 e. The number of benzene rings is 1. The summed E-state index contributed by atoms with van der Waals surface area (Å²) in [5, 5.41) is 10.1. The quantitative estimate of drug-likeness (QED) is 0.703. The number of rotatable bonds is 5. The highest BCUT2D eigenvalue weighted by atomic mass is 19.2. The lowest BCUT2D eigenvalue weighted by molar-refractivity contribution is 0.0333. The normalized spacial score (nSPS) is 20.3. The Morgan fingerprint density at radius 1 is 1.28 bits per heavy atom. The molecule has 1 saturated carbocycles. The van der Waals surface area contributed by atoms with Gasteiger partial charge in [-0.05, 0) is 25.3 Å². The van der Waals surface area contributed by atoms with Crippen LogP contribution in [0.15, 0.2) is 17.1 Å². The molecule has 1 aliphatic carbocycles. The summed E-state index contributed by atoms with van der Waals surface area (Å²) in [4.78, 5) is 26.8. The molecule has 2 heterocycles. The van der Waals surface area contributed by atoms with Gasteiger partial charge in [-0.15, -0.1) is 0 Å². The molecule has 1 aromatic carbocycles. The summed E-state index contributed by atoms with van der Waals surface area (Å²) in [6.07, 6.45) is 2.59. The summed E-state index contributed by atoms with van der Waals surface area (Å²) in [5.74, 6) is -2.07. The standard InChI is InChI=1S/C21H24BF3N2O5/c1-21(2)10-26(7-6-15(21)28)17-14(23)8-12-16(19(17)31-3)27(11-4-5-11)9-13(18(12)29)20(30)32-22(24)25/h8-9,11,15,28H,4-7,10H2,1-3H3. The minimum absolute atomic E-state index is 0.0805. The number of carbonyl (C=O) groups excluding carboxylic acids is 1. The number of aliphatic hydroxyl groups excluding tert-OH is 1. The van der Waals surface area contributed by atoms with E-state index in [1.165, 1.54) is 13.3 Å². The first-order valence-electron chi connectivity index (χ1n) is 10.4. The van der Waals surface area contributed by atoms with Crippen LogP contribution < -0.4 is 15.1 Å². The summed E-state index contributed by atoms with van der Waals surface area (Å²) in [6.45, 7) is 4.52. The summed E-state index contributed by atoms with van der Waals surface area (Å²) in [6, 6.07) is 0.939. The van der Waals surface area contributed by atoms with Crippen molar-refractivity contribution in [2.75, 3.05) is 25.1 Å². The van der Waals surface area contributed by atoms with E-state index in [9.17, 15) is 23.3 Å². The van der Waals surface area contributed by atoms with Crippen LogP contribution in [0.4, 0.5) is 18.7 Å². The molecule has 32 heavy (non-hydrogen) atoms. The van der Waals surface area contributed by atoms with E-state index in [1.807, 2.05) is 13.8 Å². The van der Waals surface area contributed by atoms with Crippen molar-refractivity contribution in [1.82, 2.24) is 4.57 Å². The highest BCUT2D eigenvalue weighted by Gasteiger charge is 2.38. The van der Waals surface area contributed by atoms with Gasteiger partial charge in [-0.1, -0.05) is 13.8 Å². The van der Waals surface area contributed by atoms with Gasteiger partial charge in [0.1, 0.15) is 11.3 Å². The number of hydrogen-bond acceptors (Lipinski definition) is 6. The number of fused-ring (bicyclic) bond motifs is 1. The Balaban J connectivity index is 1.94. The number of aliphatic hydroxyl groups is 1. The van der Waals surface area contributed by atoms with Crippen molar-refractivity contribution in [2.24, 2.45) is 5.41 Å². The first-order chi connectivity index (χ1) is 15.0. The van der Waals surface area contributed by atoms with Crippen LogP contribution >= 0.6 is 0 Å². The minimum atomic E-state index is -3.38. The van der Waals surface area contributed by atoms with E-state index >= 15 is 4.39 Å². The number of hydrogen-bond donors (Lipinski definition) is 1. The number of aromatic nitrogens is 1. The Morgan fingerprint density at radius 3 is 2.53 bits per heavy atom. The first kappa shape index (κ1) is 22.5. The van der Waals surface area contributed by atoms with E-state index in [0.717, 1.165) is 18.9 Å². The summed E-state index contributed by atoms with van der Waals surface area (Å²) in [5.41, 5.74) is -1.52. The van der Waals surface area contributed by atoms with Gasteiger partial charge in [0, 0.05) is 30.7 Å². The van der Waals surface area contributed by atoms with E-state index < -0.39 is 41.8 Å². The molecule has 1 aromatic heterocycles. The SMILES string of the molecule is COc1c(N2CCC(O)C(C)(C)C2)c(F)cc2c(=O)c(C(=O)OB(F)F)cn(C3CC3)c12. The third kappa shape index (κ3) is 3.83. The average molecular weight is 452 g/mol. The van der Waals surface area contributed by atoms with Crippen LogP contribution in [-0.4, -0.2) is 49.4 Å². The Hall–Kier alpha value is -2.69. The van der Waals surface area contributed by atoms with Gasteiger partial charge in [0.2, 0.25) is 5.43 Å². The van der Waals surface area contributed by atoms with Crippen molar-refractivity contribution in [1.29, 1.82) is 0 Å². The summed E-state index contributed by atoms with van der Waals surface area (Å²) >= 11 is 0. The molecule has 172 valence electrons. The second-order valence-corrected chi connectivity index (χ2v) is 9.03. The van der Waals surface area contributed by atoms with Gasteiger partial charge < -0.3 is 24.0 Å². The highest BCUT2D eigenvalue weighted by molar-refractivity contribution is 6.38. The van der Waals surface area contributed by atoms with Crippen LogP contribution in [-0.2, 0) is 4.65 Å². The minimum Gasteiger partial charge on any atom is -0.492 e. The molecule has 1 N–H and O–H groups in total. The number of piperidine rings is 1. The van der Waals surface area contributed by atoms with Crippen LogP contribution in [0.25, 0.3) is 10.9 Å². The first-order valence-corrected chi connectivity index (χ1v) is 10.4. The molecule has 0 amide bonds. The fourth-order valence-corrected chi connectivity index (χ4v) is 4.40. The van der Waals surface area contributed by atoms with Crippen molar-refractivity contribution in [3.05, 3.63) is 33.9 Å². The number of halogens is 3. The molecule has 11 heteroatoms. The van der Waals surface area contributed by atoms with E-state index in [4.69, 9.17) is 4.74 Å². The molecule has 0 radical (unpaired) electrons. The summed E-state index contributed by atoms with van der Waals surface area (Å²) in [7, 11) is -2.01. The van der Waals surface area contributed by atoms with Gasteiger partial charge >= 0.3 is 13.4 Å². The molecule has 1 unspecified atom stereocenters. The molecule has 1 atom stereocenters. The Morgan fingerprint density at radius 2 is 1.97 bits per heavy atom. The van der Waals surface area contributed by atoms with Gasteiger partial charge in [-0.2, -0.15) is 0 Å². The van der Waals surface area contributed by atoms with Gasteiger partial charge in [-0.3, -0.25) is 4.79 Å². The lowest BCUT2D eigenvalue weighted by Crippen LogP contribution is -2.49. The summed E-state index contributed by atoms with van der Waals surface area (Å²) < 4.78 is 51.7. The lowest BCUT2D eigenvalue weighted by Gasteiger charge is -2.43. The molecule has 2 aliphatic rings. The van der Waals surface area contributed by atoms with E-state index in [2.05, 4.69) is 4.65 Å². The largest absolute Gasteiger partial charge is 0.798 e. The third-order valence-electron chi connectivity index (χ3n) is 6.25. The van der Waals surface area contributed by atoms with Gasteiger partial charge in [0.15, 0.2) is 11.6 Å². The van der Waals surface area contributed by atoms with Gasteiger partial charge in [-0.25, -0.2) is 17.8 Å². The van der Waals surface area contributed by atoms with Crippen LogP contribution in [0.3, 0.4) is 0 Å². The number of carbonyl (C=O) groups is 1. The Kier molecular flexibility index (Phi) is 5.64. The highest BCUT2D eigenvalue weighted by Crippen LogP contribution is 2.45. The molecular weight excluding hydrogens is 428 g/mol. The fourth-order valence-electron chi connectivity index (χ4n) is 4.40. The molecule has 1 aliphatic heterocycles. The van der Waals surface area contributed by atoms with Crippen molar-refractivity contribution in [3.63, 3.8) is 0 Å². The predicted octanol–water partition coefficient (Wildman–Crippen LogP) is 3.16. The number of ether oxygens (including phenoxy) is 1. The number of methoxy groups -OCH3 is 1. The molecule has 4 rings (SSSR count). The van der Waals surface area contributed by atoms with Crippen molar-refractivity contribution in [2.45, 2.75) is 45.3 Å². The van der Waals surface area contributed by atoms with Crippen LogP contribution in [0.5, 0.6) is 5.75 Å². The van der Waals surface area contributed by atoms with Crippen molar-refractivity contribution >= 4 is 30.0 Å². The maximum Gasteiger partial charge on any atom is 0.798 e. The molecular formula is C21H24BF3N2O5. The molecule has 7 nitrogen and oxygen atoms in total. The molecule has 0 spiro atoms. The molecule has 2 aromatic rings. The second-order valence-electron chi connectivity index (χ2n) is 9.03. The second kappa shape index (κ2) is 8.02. The number of anilines is 1. The van der Waals surface area contributed by atoms with Crippen LogP contribution in [0, 0.1) is 11.2 Å². The molecule has 2 fully saturated rings. The zero-order chi connectivity index (χ0) is 23.4. The zero-order valence-corrected chi connectivity index (χ0v) is 18.0. The van der Waals surface area contributed by atoms with Crippen LogP contribution in [0.1, 0.15) is 49.5 Å². The fraction of sp³-hybridized carbons (Fsp3) is 0.524. The number of nitrogens with zero attached hydrogens (tertiary/aromatic N) is 2. The topological polar surface area (TPSA) is 81.0 Å². The van der Waals surface area contributed by atoms with Crippen LogP contribution in [0.2, 0.25) is 0 Å². The zero-order valence-electron chi connectivity index (χ0n) is 18.0. The maximum atomic E-state index is 15.4. The Bertz CT molecular complexity index is 1130. The monoisotopic (exact) mass is 452 g/mol. The maximum absolute atomic E-state index is 15.4. The number of pyridine rings is 1. The van der Waals surface area contributed by atoms with Crippen molar-refractivity contribution in [3.8, 4) is 5.75 Å². The van der Waals surface area contributed by atoms with E-state index in [1.54, 1.807) is 9.47 Å². The Labute approximate surface area is 182 Å². The van der Waals surface area contributed by atoms with Gasteiger partial charge in [0.05, 0.1) is 24.1 Å². The molecule has 1 saturated heterocycles. The average Bonchev–Trinajstić information content (AvgIpc) is 3.54. The van der Waals surface area contributed by atoms with E-state index in [0.29, 0.717) is 25.0 Å². The predicted molar refractivity (Wildman–Crippen MR) is 113 cm³/mol. The molecule has 0 bridgehead atoms. The third-order valence-corrected chi connectivity index (χ3v) is 6.25.